The summed E-state index contributed by atoms with van der Waals surface area (Å²) in [5.41, 5.74) is -1.19. The number of aliphatic hydroxyl groups excluding tert-OH is 1. The lowest BCUT2D eigenvalue weighted by Gasteiger charge is -2.35. The summed E-state index contributed by atoms with van der Waals surface area (Å²) in [5, 5.41) is 11.5. The molecule has 2 aromatic rings. The summed E-state index contributed by atoms with van der Waals surface area (Å²) < 4.78 is 31.7. The molecule has 3 aliphatic rings. The van der Waals surface area contributed by atoms with Gasteiger partial charge in [0.15, 0.2) is 5.54 Å². The van der Waals surface area contributed by atoms with Gasteiger partial charge in [0.25, 0.3) is 17.6 Å². The van der Waals surface area contributed by atoms with Crippen molar-refractivity contribution in [2.45, 2.75) is 29.4 Å². The standard InChI is InChI=1S/C26H27N3O7S/c1-27(2)37(34,35)18-12-10-16(11-13-18)22(30)21-23(31)24(32)29(15-17-7-6-14-36-17)26(21)19-8-4-5-9-20(19)28(3)25(26)33/h4-5,8-13,17,30H,6-7,14-15H2,1-3H3/b22-21+. The number of hydrogen-bond donors (Lipinski definition) is 1. The van der Waals surface area contributed by atoms with Crippen LogP contribution in [-0.2, 0) is 34.7 Å². The number of Topliss-reactive ketones (excluding diaryl/α,β-unsaturated/α-hetero) is 1. The van der Waals surface area contributed by atoms with Crippen molar-refractivity contribution in [3.8, 4) is 0 Å². The first-order valence-corrected chi connectivity index (χ1v) is 13.3. The molecule has 10 nitrogen and oxygen atoms in total. The van der Waals surface area contributed by atoms with E-state index in [0.717, 1.165) is 10.7 Å². The van der Waals surface area contributed by atoms with E-state index in [4.69, 9.17) is 4.74 Å². The zero-order chi connectivity index (χ0) is 26.7. The molecule has 2 amide bonds. The lowest BCUT2D eigenvalue weighted by atomic mass is 9.81. The van der Waals surface area contributed by atoms with Gasteiger partial charge in [-0.3, -0.25) is 14.4 Å². The molecule has 0 bridgehead atoms. The number of ether oxygens (including phenoxy) is 1. The Labute approximate surface area is 214 Å². The van der Waals surface area contributed by atoms with E-state index in [0.29, 0.717) is 24.3 Å². The van der Waals surface area contributed by atoms with Gasteiger partial charge in [0, 0.05) is 51.1 Å². The molecule has 0 saturated carbocycles. The third-order valence-corrected chi connectivity index (χ3v) is 9.09. The Morgan fingerprint density at radius 3 is 2.41 bits per heavy atom. The SMILES string of the molecule is CN1C(=O)C2(/C(=C(/O)c3ccc(S(=O)(=O)N(C)C)cc3)C(=O)C(=O)N2CC2CCCO2)c2ccccc21. The molecule has 2 saturated heterocycles. The second-order valence-corrected chi connectivity index (χ2v) is 11.7. The number of fused-ring (bicyclic) bond motifs is 2. The Morgan fingerprint density at radius 1 is 1.11 bits per heavy atom. The molecule has 0 aliphatic carbocycles. The summed E-state index contributed by atoms with van der Waals surface area (Å²) in [7, 11) is 0.633. The number of hydrogen-bond acceptors (Lipinski definition) is 7. The van der Waals surface area contributed by atoms with Crippen molar-refractivity contribution in [2.24, 2.45) is 0 Å². The minimum atomic E-state index is -3.73. The number of anilines is 1. The van der Waals surface area contributed by atoms with Gasteiger partial charge >= 0.3 is 0 Å². The third-order valence-electron chi connectivity index (χ3n) is 7.26. The number of rotatable bonds is 5. The lowest BCUT2D eigenvalue weighted by molar-refractivity contribution is -0.145. The molecule has 0 aromatic heterocycles. The van der Waals surface area contributed by atoms with E-state index < -0.39 is 38.9 Å². The van der Waals surface area contributed by atoms with Crippen LogP contribution in [0.25, 0.3) is 5.76 Å². The van der Waals surface area contributed by atoms with E-state index in [1.54, 1.807) is 31.3 Å². The van der Waals surface area contributed by atoms with Crippen LogP contribution in [0.4, 0.5) is 5.69 Å². The predicted molar refractivity (Wildman–Crippen MR) is 134 cm³/mol. The first-order valence-electron chi connectivity index (χ1n) is 11.8. The molecule has 37 heavy (non-hydrogen) atoms. The number of para-hydroxylation sites is 1. The number of sulfonamides is 1. The molecule has 2 atom stereocenters. The van der Waals surface area contributed by atoms with Gasteiger partial charge < -0.3 is 19.6 Å². The number of ketones is 1. The average molecular weight is 526 g/mol. The molecule has 194 valence electrons. The summed E-state index contributed by atoms with van der Waals surface area (Å²) in [4.78, 5) is 43.5. The van der Waals surface area contributed by atoms with Crippen molar-refractivity contribution in [1.82, 2.24) is 9.21 Å². The summed E-state index contributed by atoms with van der Waals surface area (Å²) in [6.45, 7) is 0.531. The molecule has 1 spiro atoms. The number of likely N-dealkylation sites (N-methyl/N-ethyl adjacent to an activating group) is 1. The van der Waals surface area contributed by atoms with Crippen LogP contribution in [0.3, 0.4) is 0 Å². The van der Waals surface area contributed by atoms with E-state index in [2.05, 4.69) is 0 Å². The van der Waals surface area contributed by atoms with Gasteiger partial charge in [-0.25, -0.2) is 12.7 Å². The summed E-state index contributed by atoms with van der Waals surface area (Å²) in [6.07, 6.45) is 1.12. The van der Waals surface area contributed by atoms with Gasteiger partial charge in [-0.05, 0) is 43.2 Å². The Kier molecular flexibility index (Phi) is 5.97. The zero-order valence-corrected chi connectivity index (χ0v) is 21.5. The van der Waals surface area contributed by atoms with E-state index in [1.165, 1.54) is 48.2 Å². The molecule has 3 heterocycles. The predicted octanol–water partition coefficient (Wildman–Crippen LogP) is 1.67. The van der Waals surface area contributed by atoms with Gasteiger partial charge in [-0.15, -0.1) is 0 Å². The molecule has 2 aromatic carbocycles. The highest BCUT2D eigenvalue weighted by Gasteiger charge is 2.67. The number of carbonyl (C=O) groups is 3. The first-order chi connectivity index (χ1) is 17.5. The maximum absolute atomic E-state index is 14.0. The van der Waals surface area contributed by atoms with E-state index >= 15 is 0 Å². The van der Waals surface area contributed by atoms with Gasteiger partial charge in [0.05, 0.1) is 16.6 Å². The fraction of sp³-hybridized carbons (Fsp3) is 0.346. The van der Waals surface area contributed by atoms with E-state index in [9.17, 15) is 27.9 Å². The molecule has 2 fully saturated rings. The highest BCUT2D eigenvalue weighted by atomic mass is 32.2. The highest BCUT2D eigenvalue weighted by Crippen LogP contribution is 2.53. The average Bonchev–Trinajstić information content (AvgIpc) is 3.54. The Morgan fingerprint density at radius 2 is 1.78 bits per heavy atom. The normalized spacial score (nSPS) is 25.1. The van der Waals surface area contributed by atoms with Crippen molar-refractivity contribution < 1.29 is 32.6 Å². The number of nitrogens with zero attached hydrogens (tertiary/aromatic N) is 3. The van der Waals surface area contributed by atoms with Crippen LogP contribution >= 0.6 is 0 Å². The quantitative estimate of drug-likeness (QED) is 0.358. The fourth-order valence-electron chi connectivity index (χ4n) is 5.35. The molecule has 3 aliphatic heterocycles. The maximum atomic E-state index is 14.0. The van der Waals surface area contributed by atoms with Gasteiger partial charge in [0.1, 0.15) is 5.76 Å². The van der Waals surface area contributed by atoms with Crippen LogP contribution in [0.2, 0.25) is 0 Å². The maximum Gasteiger partial charge on any atom is 0.296 e. The van der Waals surface area contributed by atoms with Crippen LogP contribution in [0.15, 0.2) is 59.0 Å². The lowest BCUT2D eigenvalue weighted by Crippen LogP contribution is -2.53. The van der Waals surface area contributed by atoms with Crippen LogP contribution in [-0.4, -0.2) is 80.7 Å². The second kappa shape index (κ2) is 8.79. The van der Waals surface area contributed by atoms with E-state index in [-0.39, 0.29) is 28.7 Å². The van der Waals surface area contributed by atoms with Crippen LogP contribution in [0.1, 0.15) is 24.0 Å². The molecular weight excluding hydrogens is 498 g/mol. The van der Waals surface area contributed by atoms with Crippen molar-refractivity contribution in [2.75, 3.05) is 39.2 Å². The highest BCUT2D eigenvalue weighted by molar-refractivity contribution is 7.89. The largest absolute Gasteiger partial charge is 0.507 e. The van der Waals surface area contributed by atoms with Crippen LogP contribution in [0, 0.1) is 0 Å². The Hall–Kier alpha value is -3.54. The Balaban J connectivity index is 1.72. The minimum absolute atomic E-state index is 0.00921. The summed E-state index contributed by atoms with van der Waals surface area (Å²) >= 11 is 0. The molecule has 0 radical (unpaired) electrons. The number of carbonyl (C=O) groups excluding carboxylic acids is 3. The molecule has 2 unspecified atom stereocenters. The number of aliphatic hydroxyl groups is 1. The second-order valence-electron chi connectivity index (χ2n) is 9.51. The number of likely N-dealkylation sites (tertiary alicyclic amines) is 1. The van der Waals surface area contributed by atoms with Crippen LogP contribution in [0.5, 0.6) is 0 Å². The molecular formula is C26H27N3O7S. The van der Waals surface area contributed by atoms with Gasteiger partial charge in [-0.1, -0.05) is 18.2 Å². The third kappa shape index (κ3) is 3.52. The Bertz CT molecular complexity index is 1440. The van der Waals surface area contributed by atoms with E-state index in [1.807, 2.05) is 0 Å². The summed E-state index contributed by atoms with van der Waals surface area (Å²) in [5.74, 6) is -2.99. The van der Waals surface area contributed by atoms with Gasteiger partial charge in [-0.2, -0.15) is 0 Å². The molecule has 5 rings (SSSR count). The number of amides is 2. The smallest absolute Gasteiger partial charge is 0.296 e. The fourth-order valence-corrected chi connectivity index (χ4v) is 6.26. The summed E-state index contributed by atoms with van der Waals surface area (Å²) in [6, 6.07) is 12.1. The topological polar surface area (TPSA) is 125 Å². The number of benzene rings is 2. The van der Waals surface area contributed by atoms with Crippen LogP contribution < -0.4 is 4.90 Å². The molecule has 1 N–H and O–H groups in total. The van der Waals surface area contributed by atoms with Crippen molar-refractivity contribution in [1.29, 1.82) is 0 Å². The van der Waals surface area contributed by atoms with Crippen molar-refractivity contribution in [3.63, 3.8) is 0 Å². The van der Waals surface area contributed by atoms with Crippen molar-refractivity contribution >= 4 is 39.1 Å². The van der Waals surface area contributed by atoms with Crippen molar-refractivity contribution in [3.05, 3.63) is 65.2 Å². The zero-order valence-electron chi connectivity index (χ0n) is 20.7. The van der Waals surface area contributed by atoms with Gasteiger partial charge in [0.2, 0.25) is 10.0 Å². The minimum Gasteiger partial charge on any atom is -0.507 e. The monoisotopic (exact) mass is 525 g/mol. The first kappa shape index (κ1) is 25.1. The molecule has 11 heteroatoms.